The minimum absolute atomic E-state index is 0.387. The topological polar surface area (TPSA) is 42.7 Å². The van der Waals surface area contributed by atoms with E-state index in [1.165, 1.54) is 43.0 Å². The van der Waals surface area contributed by atoms with Gasteiger partial charge in [0.2, 0.25) is 0 Å². The van der Waals surface area contributed by atoms with Gasteiger partial charge >= 0.3 is 0 Å². The molecule has 2 aliphatic heterocycles. The Balaban J connectivity index is 1.70. The molecule has 0 spiro atoms. The summed E-state index contributed by atoms with van der Waals surface area (Å²) in [7, 11) is 0. The van der Waals surface area contributed by atoms with E-state index in [0.29, 0.717) is 6.17 Å². The van der Waals surface area contributed by atoms with Gasteiger partial charge in [0, 0.05) is 12.6 Å². The van der Waals surface area contributed by atoms with Gasteiger partial charge in [-0.25, -0.2) is 9.97 Å². The molecule has 2 fully saturated rings. The van der Waals surface area contributed by atoms with Crippen LogP contribution in [0, 0.1) is 5.92 Å². The summed E-state index contributed by atoms with van der Waals surface area (Å²) in [6.07, 6.45) is 8.48. The van der Waals surface area contributed by atoms with E-state index in [0.717, 1.165) is 30.0 Å². The second-order valence-electron chi connectivity index (χ2n) is 6.12. The van der Waals surface area contributed by atoms with Crippen LogP contribution in [-0.2, 0) is 6.42 Å². The largest absolute Gasteiger partial charge is 0.297 e. The molecule has 2 aromatic rings. The van der Waals surface area contributed by atoms with Crippen molar-refractivity contribution in [3.05, 3.63) is 24.2 Å². The highest BCUT2D eigenvalue weighted by molar-refractivity contribution is 7.99. The van der Waals surface area contributed by atoms with Crippen molar-refractivity contribution >= 4 is 22.9 Å². The van der Waals surface area contributed by atoms with Crippen LogP contribution in [0.3, 0.4) is 0 Å². The van der Waals surface area contributed by atoms with Gasteiger partial charge in [-0.3, -0.25) is 9.88 Å². The maximum absolute atomic E-state index is 4.91. The lowest BCUT2D eigenvalue weighted by atomic mass is 9.98. The Kier molecular flexibility index (Phi) is 3.86. The maximum Gasteiger partial charge on any atom is 0.161 e. The van der Waals surface area contributed by atoms with E-state index in [4.69, 9.17) is 4.98 Å². The van der Waals surface area contributed by atoms with Gasteiger partial charge in [0.1, 0.15) is 11.3 Å². The second-order valence-corrected chi connectivity index (χ2v) is 7.34. The lowest BCUT2D eigenvalue weighted by molar-refractivity contribution is 0.422. The van der Waals surface area contributed by atoms with Gasteiger partial charge in [0.15, 0.2) is 5.65 Å². The molecule has 4 rings (SSSR count). The highest BCUT2D eigenvalue weighted by atomic mass is 32.2. The van der Waals surface area contributed by atoms with Gasteiger partial charge in [0.25, 0.3) is 0 Å². The summed E-state index contributed by atoms with van der Waals surface area (Å²) in [4.78, 5) is 9.50. The molecule has 112 valence electrons. The Bertz CT molecular complexity index is 612. The van der Waals surface area contributed by atoms with Crippen molar-refractivity contribution in [3.8, 4) is 0 Å². The number of imidazole rings is 1. The zero-order valence-electron chi connectivity index (χ0n) is 12.3. The summed E-state index contributed by atoms with van der Waals surface area (Å²) in [6.45, 7) is 1.11. The molecule has 4 heterocycles. The van der Waals surface area contributed by atoms with Gasteiger partial charge < -0.3 is 0 Å². The molecular formula is C16H22N4S. The predicted molar refractivity (Wildman–Crippen MR) is 87.6 cm³/mol. The average Bonchev–Trinajstić information content (AvgIpc) is 3.14. The van der Waals surface area contributed by atoms with Gasteiger partial charge in [0.05, 0.1) is 6.17 Å². The minimum Gasteiger partial charge on any atom is -0.297 e. The Morgan fingerprint density at radius 1 is 1.29 bits per heavy atom. The first-order valence-corrected chi connectivity index (χ1v) is 9.20. The SMILES string of the molecule is c1cnc2c(c1)nc(CC1CCSCC1)n2C1CCCN1. The van der Waals surface area contributed by atoms with Crippen molar-refractivity contribution in [2.24, 2.45) is 5.92 Å². The average molecular weight is 302 g/mol. The first kappa shape index (κ1) is 13.6. The molecular weight excluding hydrogens is 280 g/mol. The van der Waals surface area contributed by atoms with Gasteiger partial charge in [-0.05, 0) is 61.8 Å². The summed E-state index contributed by atoms with van der Waals surface area (Å²) in [5, 5.41) is 3.61. The van der Waals surface area contributed by atoms with E-state index in [1.54, 1.807) is 0 Å². The van der Waals surface area contributed by atoms with Crippen molar-refractivity contribution in [1.82, 2.24) is 19.9 Å². The van der Waals surface area contributed by atoms with Crippen LogP contribution in [0.25, 0.3) is 11.2 Å². The number of aromatic nitrogens is 3. The smallest absolute Gasteiger partial charge is 0.161 e. The number of hydrogen-bond acceptors (Lipinski definition) is 4. The highest BCUT2D eigenvalue weighted by Gasteiger charge is 2.25. The fourth-order valence-corrected chi connectivity index (χ4v) is 4.75. The Morgan fingerprint density at radius 3 is 3.00 bits per heavy atom. The Hall–Kier alpha value is -1.07. The van der Waals surface area contributed by atoms with Gasteiger partial charge in [-0.2, -0.15) is 11.8 Å². The summed E-state index contributed by atoms with van der Waals surface area (Å²) in [5.41, 5.74) is 2.10. The number of nitrogens with one attached hydrogen (secondary N) is 1. The van der Waals surface area contributed by atoms with Gasteiger partial charge in [-0.15, -0.1) is 0 Å². The van der Waals surface area contributed by atoms with Crippen LogP contribution >= 0.6 is 11.8 Å². The number of rotatable bonds is 3. The number of hydrogen-bond donors (Lipinski definition) is 1. The molecule has 0 amide bonds. The van der Waals surface area contributed by atoms with Crippen LogP contribution in [0.4, 0.5) is 0 Å². The molecule has 21 heavy (non-hydrogen) atoms. The zero-order valence-corrected chi connectivity index (χ0v) is 13.1. The third kappa shape index (κ3) is 2.69. The van der Waals surface area contributed by atoms with E-state index in [-0.39, 0.29) is 0 Å². The molecule has 0 radical (unpaired) electrons. The van der Waals surface area contributed by atoms with Crippen molar-refractivity contribution in [3.63, 3.8) is 0 Å². The fourth-order valence-electron chi connectivity index (χ4n) is 3.54. The van der Waals surface area contributed by atoms with Crippen LogP contribution < -0.4 is 5.32 Å². The lowest BCUT2D eigenvalue weighted by Gasteiger charge is -2.23. The number of nitrogens with zero attached hydrogens (tertiary/aromatic N) is 3. The normalized spacial score (nSPS) is 23.9. The molecule has 0 aliphatic carbocycles. The number of thioether (sulfide) groups is 1. The van der Waals surface area contributed by atoms with Gasteiger partial charge in [-0.1, -0.05) is 0 Å². The van der Waals surface area contributed by atoms with E-state index in [2.05, 4.69) is 32.7 Å². The lowest BCUT2D eigenvalue weighted by Crippen LogP contribution is -2.24. The molecule has 2 aliphatic rings. The van der Waals surface area contributed by atoms with Crippen molar-refractivity contribution in [2.75, 3.05) is 18.1 Å². The quantitative estimate of drug-likeness (QED) is 0.946. The van der Waals surface area contributed by atoms with Crippen LogP contribution in [0.15, 0.2) is 18.3 Å². The minimum atomic E-state index is 0.387. The molecule has 2 saturated heterocycles. The Morgan fingerprint density at radius 2 is 2.19 bits per heavy atom. The molecule has 1 unspecified atom stereocenters. The zero-order chi connectivity index (χ0) is 14.1. The Labute approximate surface area is 129 Å². The van der Waals surface area contributed by atoms with E-state index in [1.807, 2.05) is 12.3 Å². The monoisotopic (exact) mass is 302 g/mol. The number of pyridine rings is 1. The third-order valence-corrected chi connectivity index (χ3v) is 5.73. The molecule has 0 saturated carbocycles. The fraction of sp³-hybridized carbons (Fsp3) is 0.625. The first-order valence-electron chi connectivity index (χ1n) is 8.05. The third-order valence-electron chi connectivity index (χ3n) is 4.68. The first-order chi connectivity index (χ1) is 10.4. The van der Waals surface area contributed by atoms with E-state index < -0.39 is 0 Å². The summed E-state index contributed by atoms with van der Waals surface area (Å²) >= 11 is 2.09. The molecule has 1 atom stereocenters. The van der Waals surface area contributed by atoms with E-state index in [9.17, 15) is 0 Å². The van der Waals surface area contributed by atoms with Crippen molar-refractivity contribution in [2.45, 2.75) is 38.3 Å². The predicted octanol–water partition coefficient (Wildman–Crippen LogP) is 3.00. The van der Waals surface area contributed by atoms with Crippen LogP contribution in [-0.4, -0.2) is 32.6 Å². The molecule has 0 bridgehead atoms. The van der Waals surface area contributed by atoms with E-state index >= 15 is 0 Å². The second kappa shape index (κ2) is 5.97. The molecule has 5 heteroatoms. The summed E-state index contributed by atoms with van der Waals surface area (Å²) in [5.74, 6) is 4.65. The number of fused-ring (bicyclic) bond motifs is 1. The summed E-state index contributed by atoms with van der Waals surface area (Å²) in [6, 6.07) is 4.08. The van der Waals surface area contributed by atoms with Crippen LogP contribution in [0.1, 0.15) is 37.7 Å². The molecule has 0 aromatic carbocycles. The molecule has 4 nitrogen and oxygen atoms in total. The molecule has 1 N–H and O–H groups in total. The van der Waals surface area contributed by atoms with Crippen LogP contribution in [0.5, 0.6) is 0 Å². The van der Waals surface area contributed by atoms with Crippen LogP contribution in [0.2, 0.25) is 0 Å². The van der Waals surface area contributed by atoms with Crippen molar-refractivity contribution in [1.29, 1.82) is 0 Å². The molecule has 2 aromatic heterocycles. The maximum atomic E-state index is 4.91. The summed E-state index contributed by atoms with van der Waals surface area (Å²) < 4.78 is 2.38. The van der Waals surface area contributed by atoms with Crippen molar-refractivity contribution < 1.29 is 0 Å². The highest BCUT2D eigenvalue weighted by Crippen LogP contribution is 2.29. The standard InChI is InChI=1S/C16H22N4S/c1-3-13-16(18-8-1)20(14-4-2-7-17-14)15(19-13)11-12-5-9-21-10-6-12/h1,3,8,12,14,17H,2,4-7,9-11H2.